The van der Waals surface area contributed by atoms with E-state index in [1.165, 1.54) is 0 Å². The molecule has 0 amide bonds. The van der Waals surface area contributed by atoms with E-state index < -0.39 is 14.6 Å². The molecule has 0 unspecified atom stereocenters. The monoisotopic (exact) mass is 420 g/mol. The van der Waals surface area contributed by atoms with Crippen LogP contribution in [0, 0.1) is 5.92 Å². The highest BCUT2D eigenvalue weighted by molar-refractivity contribution is 6.74. The summed E-state index contributed by atoms with van der Waals surface area (Å²) in [6, 6.07) is 9.95. The van der Waals surface area contributed by atoms with E-state index in [1.54, 1.807) is 0 Å². The van der Waals surface area contributed by atoms with E-state index in [4.69, 9.17) is 18.6 Å². The Morgan fingerprint density at radius 1 is 1.14 bits per heavy atom. The second-order valence-electron chi connectivity index (χ2n) is 8.97. The Morgan fingerprint density at radius 3 is 2.45 bits per heavy atom. The molecule has 1 aromatic rings. The van der Waals surface area contributed by atoms with E-state index in [1.807, 2.05) is 49.4 Å². The summed E-state index contributed by atoms with van der Waals surface area (Å²) in [6.07, 6.45) is 3.52. The van der Waals surface area contributed by atoms with Gasteiger partial charge in [-0.15, -0.1) is 0 Å². The molecule has 0 saturated carbocycles. The van der Waals surface area contributed by atoms with Crippen molar-refractivity contribution in [3.63, 3.8) is 0 Å². The van der Waals surface area contributed by atoms with Gasteiger partial charge in [-0.1, -0.05) is 63.3 Å². The number of carbonyl (C=O) groups is 1. The minimum absolute atomic E-state index is 0.140. The maximum Gasteiger partial charge on any atom is 0.306 e. The van der Waals surface area contributed by atoms with Crippen molar-refractivity contribution in [3.05, 3.63) is 48.0 Å². The van der Waals surface area contributed by atoms with Crippen molar-refractivity contribution in [1.82, 2.24) is 0 Å². The summed E-state index contributed by atoms with van der Waals surface area (Å²) in [6.45, 7) is 14.2. The van der Waals surface area contributed by atoms with Gasteiger partial charge < -0.3 is 18.6 Å². The van der Waals surface area contributed by atoms with Crippen molar-refractivity contribution >= 4 is 14.3 Å². The molecule has 1 aromatic carbocycles. The first-order chi connectivity index (χ1) is 13.6. The Bertz CT molecular complexity index is 666. The van der Waals surface area contributed by atoms with E-state index >= 15 is 0 Å². The molecular formula is C23H36O5Si. The normalized spacial score (nSPS) is 22.5. The summed E-state index contributed by atoms with van der Waals surface area (Å²) in [5.74, 6) is -0.420. The molecule has 1 aliphatic rings. The van der Waals surface area contributed by atoms with Gasteiger partial charge in [-0.05, 0) is 30.6 Å². The molecule has 0 radical (unpaired) electrons. The molecule has 0 bridgehead atoms. The minimum atomic E-state index is -1.86. The van der Waals surface area contributed by atoms with Crippen molar-refractivity contribution in [2.75, 3.05) is 13.2 Å². The molecule has 29 heavy (non-hydrogen) atoms. The average molecular weight is 421 g/mol. The fourth-order valence-electron chi connectivity index (χ4n) is 2.77. The van der Waals surface area contributed by atoms with Crippen molar-refractivity contribution in [1.29, 1.82) is 0 Å². The predicted molar refractivity (Wildman–Crippen MR) is 117 cm³/mol. The molecule has 0 saturated heterocycles. The summed E-state index contributed by atoms with van der Waals surface area (Å²) in [7, 11) is -1.86. The lowest BCUT2D eigenvalue weighted by Gasteiger charge is -2.38. The van der Waals surface area contributed by atoms with Crippen LogP contribution in [-0.4, -0.2) is 39.9 Å². The van der Waals surface area contributed by atoms with Gasteiger partial charge in [0.2, 0.25) is 0 Å². The molecule has 0 N–H and O–H groups in total. The lowest BCUT2D eigenvalue weighted by molar-refractivity contribution is -0.201. The number of ether oxygens (including phenoxy) is 3. The van der Waals surface area contributed by atoms with E-state index in [0.717, 1.165) is 5.56 Å². The van der Waals surface area contributed by atoms with Crippen molar-refractivity contribution < 1.29 is 23.4 Å². The molecule has 2 rings (SSSR count). The highest BCUT2D eigenvalue weighted by Gasteiger charge is 2.38. The number of rotatable bonds is 9. The van der Waals surface area contributed by atoms with Crippen molar-refractivity contribution in [2.45, 2.75) is 71.2 Å². The Balaban J connectivity index is 2.02. The molecule has 5 nitrogen and oxygen atoms in total. The maximum absolute atomic E-state index is 12.0. The van der Waals surface area contributed by atoms with Gasteiger partial charge in [0.25, 0.3) is 0 Å². The van der Waals surface area contributed by atoms with Crippen molar-refractivity contribution in [2.24, 2.45) is 5.92 Å². The number of hydrogen-bond acceptors (Lipinski definition) is 5. The number of benzene rings is 1. The molecule has 0 aliphatic carbocycles. The molecule has 0 fully saturated rings. The van der Waals surface area contributed by atoms with Crippen LogP contribution in [0.1, 0.15) is 39.7 Å². The summed E-state index contributed by atoms with van der Waals surface area (Å²) < 4.78 is 23.7. The zero-order valence-corrected chi connectivity index (χ0v) is 19.6. The van der Waals surface area contributed by atoms with E-state index in [2.05, 4.69) is 33.9 Å². The van der Waals surface area contributed by atoms with Gasteiger partial charge in [0, 0.05) is 5.92 Å². The lowest BCUT2D eigenvalue weighted by Crippen LogP contribution is -2.44. The van der Waals surface area contributed by atoms with Gasteiger partial charge in [-0.2, -0.15) is 0 Å². The third-order valence-corrected chi connectivity index (χ3v) is 10.1. The third kappa shape index (κ3) is 7.37. The van der Waals surface area contributed by atoms with Crippen LogP contribution in [-0.2, 0) is 30.0 Å². The fraction of sp³-hybridized carbons (Fsp3) is 0.609. The van der Waals surface area contributed by atoms with Gasteiger partial charge in [0.1, 0.15) is 6.10 Å². The zero-order valence-electron chi connectivity index (χ0n) is 18.6. The summed E-state index contributed by atoms with van der Waals surface area (Å²) in [4.78, 5) is 12.0. The van der Waals surface area contributed by atoms with Crippen LogP contribution in [0.25, 0.3) is 0 Å². The quantitative estimate of drug-likeness (QED) is 0.317. The summed E-state index contributed by atoms with van der Waals surface area (Å²) >= 11 is 0. The van der Waals surface area contributed by atoms with E-state index in [-0.39, 0.29) is 29.5 Å². The molecule has 0 spiro atoms. The second-order valence-corrected chi connectivity index (χ2v) is 13.8. The van der Waals surface area contributed by atoms with Gasteiger partial charge in [-0.25, -0.2) is 0 Å². The number of esters is 1. The zero-order chi connectivity index (χ0) is 21.5. The van der Waals surface area contributed by atoms with Crippen LogP contribution in [0.2, 0.25) is 18.1 Å². The molecule has 6 heteroatoms. The standard InChI is InChI=1S/C23H36O5Si/c1-7-25-21(24)15-19-13-14-20(17-27-29(5,6)23(2,3)4)28-22(19)26-16-18-11-9-8-10-12-18/h8-14,19-20,22H,7,15-17H2,1-6H3/t19-,20-,22-/m0/s1. The third-order valence-electron chi connectivity index (χ3n) is 5.61. The molecular weight excluding hydrogens is 384 g/mol. The van der Waals surface area contributed by atoms with Crippen LogP contribution in [0.4, 0.5) is 0 Å². The smallest absolute Gasteiger partial charge is 0.306 e. The topological polar surface area (TPSA) is 54.0 Å². The van der Waals surface area contributed by atoms with E-state index in [0.29, 0.717) is 19.8 Å². The first kappa shape index (κ1) is 23.8. The Kier molecular flexibility index (Phi) is 8.64. The highest BCUT2D eigenvalue weighted by Crippen LogP contribution is 2.37. The molecule has 3 atom stereocenters. The summed E-state index contributed by atoms with van der Waals surface area (Å²) in [5, 5.41) is 0.140. The van der Waals surface area contributed by atoms with Gasteiger partial charge >= 0.3 is 5.97 Å². The molecule has 1 aliphatic heterocycles. The van der Waals surface area contributed by atoms with Crippen molar-refractivity contribution in [3.8, 4) is 0 Å². The minimum Gasteiger partial charge on any atom is -0.466 e. The van der Waals surface area contributed by atoms with E-state index in [9.17, 15) is 4.79 Å². The highest BCUT2D eigenvalue weighted by atomic mass is 28.4. The second kappa shape index (κ2) is 10.5. The summed E-state index contributed by atoms with van der Waals surface area (Å²) in [5.41, 5.74) is 1.06. The van der Waals surface area contributed by atoms with Crippen LogP contribution >= 0.6 is 0 Å². The lowest BCUT2D eigenvalue weighted by atomic mass is 10.0. The first-order valence-corrected chi connectivity index (χ1v) is 13.3. The first-order valence-electron chi connectivity index (χ1n) is 10.4. The fourth-order valence-corrected chi connectivity index (χ4v) is 3.78. The Morgan fingerprint density at radius 2 is 1.83 bits per heavy atom. The number of carbonyl (C=O) groups excluding carboxylic acids is 1. The Labute approximate surface area is 176 Å². The molecule has 0 aromatic heterocycles. The van der Waals surface area contributed by atoms with Crippen LogP contribution in [0.15, 0.2) is 42.5 Å². The van der Waals surface area contributed by atoms with Crippen LogP contribution in [0.5, 0.6) is 0 Å². The average Bonchev–Trinajstić information content (AvgIpc) is 2.66. The number of hydrogen-bond donors (Lipinski definition) is 0. The van der Waals surface area contributed by atoms with Gasteiger partial charge in [0.15, 0.2) is 14.6 Å². The van der Waals surface area contributed by atoms with Gasteiger partial charge in [-0.3, -0.25) is 4.79 Å². The molecule has 162 valence electrons. The largest absolute Gasteiger partial charge is 0.466 e. The van der Waals surface area contributed by atoms with Crippen LogP contribution < -0.4 is 0 Å². The predicted octanol–water partition coefficient (Wildman–Crippen LogP) is 5.08. The van der Waals surface area contributed by atoms with Gasteiger partial charge in [0.05, 0.1) is 26.2 Å². The SMILES string of the molecule is CCOC(=O)C[C@@H]1C=C[C@@H](CO[Si](C)(C)C(C)(C)C)O[C@@H]1OCc1ccccc1. The Hall–Kier alpha value is -1.47. The molecule has 1 heterocycles. The van der Waals surface area contributed by atoms with Crippen LogP contribution in [0.3, 0.4) is 0 Å². The maximum atomic E-state index is 12.0.